The van der Waals surface area contributed by atoms with Crippen LogP contribution in [0.25, 0.3) is 6.08 Å². The average molecular weight is 374 g/mol. The van der Waals surface area contributed by atoms with E-state index in [0.29, 0.717) is 17.0 Å². The number of hydrogen-bond donors (Lipinski definition) is 0. The molecule has 3 aromatic rings. The second-order valence-electron chi connectivity index (χ2n) is 6.17. The lowest BCUT2D eigenvalue weighted by Gasteiger charge is -2.17. The van der Waals surface area contributed by atoms with Crippen LogP contribution in [0.1, 0.15) is 21.7 Å². The third kappa shape index (κ3) is 3.53. The van der Waals surface area contributed by atoms with Crippen LogP contribution in [0.2, 0.25) is 0 Å². The Labute approximate surface area is 160 Å². The quantitative estimate of drug-likeness (QED) is 0.502. The number of aliphatic imine (C=N–C) groups is 1. The number of halogens is 1. The molecular formula is C22H15FN2O3. The molecule has 0 radical (unpaired) electrons. The molecule has 0 fully saturated rings. The molecule has 0 saturated heterocycles. The van der Waals surface area contributed by atoms with Crippen LogP contribution in [0, 0.1) is 5.82 Å². The maximum atomic E-state index is 13.1. The standard InChI is InChI=1S/C22H15FN2O3/c23-17-10-8-15(9-11-17)13-18-22(27)25(14-19(26)20-7-4-12-28-20)21(24-18)16-5-2-1-3-6-16/h1-13H,14H2. The van der Waals surface area contributed by atoms with Gasteiger partial charge in [-0.3, -0.25) is 14.5 Å². The molecule has 0 spiro atoms. The van der Waals surface area contributed by atoms with Gasteiger partial charge in [0.15, 0.2) is 5.76 Å². The van der Waals surface area contributed by atoms with Crippen LogP contribution < -0.4 is 0 Å². The van der Waals surface area contributed by atoms with E-state index in [2.05, 4.69) is 4.99 Å². The first-order valence-electron chi connectivity index (χ1n) is 8.62. The summed E-state index contributed by atoms with van der Waals surface area (Å²) in [7, 11) is 0. The summed E-state index contributed by atoms with van der Waals surface area (Å²) in [5.41, 5.74) is 1.53. The summed E-state index contributed by atoms with van der Waals surface area (Å²) < 4.78 is 18.3. The highest BCUT2D eigenvalue weighted by Crippen LogP contribution is 2.23. The van der Waals surface area contributed by atoms with Crippen LogP contribution >= 0.6 is 0 Å². The molecule has 1 aromatic heterocycles. The first-order valence-corrected chi connectivity index (χ1v) is 8.62. The van der Waals surface area contributed by atoms with Crippen molar-refractivity contribution in [3.63, 3.8) is 0 Å². The van der Waals surface area contributed by atoms with Crippen molar-refractivity contribution in [1.29, 1.82) is 0 Å². The van der Waals surface area contributed by atoms with Crippen molar-refractivity contribution in [2.24, 2.45) is 4.99 Å². The molecule has 5 nitrogen and oxygen atoms in total. The van der Waals surface area contributed by atoms with Crippen LogP contribution in [0.3, 0.4) is 0 Å². The van der Waals surface area contributed by atoms with Gasteiger partial charge in [0.05, 0.1) is 12.8 Å². The molecule has 0 aliphatic carbocycles. The number of amidine groups is 1. The fourth-order valence-electron chi connectivity index (χ4n) is 2.88. The number of amides is 1. The number of furan rings is 1. The van der Waals surface area contributed by atoms with Gasteiger partial charge in [0.25, 0.3) is 5.91 Å². The van der Waals surface area contributed by atoms with Gasteiger partial charge in [-0.15, -0.1) is 0 Å². The summed E-state index contributed by atoms with van der Waals surface area (Å²) >= 11 is 0. The molecule has 0 N–H and O–H groups in total. The Kier molecular flexibility index (Phi) is 4.68. The SMILES string of the molecule is O=C(CN1C(=O)C(=Cc2ccc(F)cc2)N=C1c1ccccc1)c1ccco1. The van der Waals surface area contributed by atoms with Gasteiger partial charge in [-0.05, 0) is 35.9 Å². The van der Waals surface area contributed by atoms with Crippen LogP contribution in [0.15, 0.2) is 88.1 Å². The van der Waals surface area contributed by atoms with Crippen molar-refractivity contribution in [1.82, 2.24) is 4.90 Å². The molecule has 6 heteroatoms. The highest BCUT2D eigenvalue weighted by Gasteiger charge is 2.33. The molecular weight excluding hydrogens is 359 g/mol. The van der Waals surface area contributed by atoms with Gasteiger partial charge in [0.1, 0.15) is 17.3 Å². The third-order valence-corrected chi connectivity index (χ3v) is 4.25. The van der Waals surface area contributed by atoms with Crippen molar-refractivity contribution in [2.45, 2.75) is 0 Å². The van der Waals surface area contributed by atoms with Crippen LogP contribution in [0.5, 0.6) is 0 Å². The zero-order valence-electron chi connectivity index (χ0n) is 14.7. The number of Topliss-reactive ketones (excluding diaryl/α,β-unsaturated/α-hetero) is 1. The number of carbonyl (C=O) groups is 2. The Morgan fingerprint density at radius 2 is 1.79 bits per heavy atom. The molecule has 28 heavy (non-hydrogen) atoms. The number of carbonyl (C=O) groups excluding carboxylic acids is 2. The Morgan fingerprint density at radius 3 is 2.46 bits per heavy atom. The second kappa shape index (κ2) is 7.44. The molecule has 1 amide bonds. The molecule has 1 aliphatic rings. The monoisotopic (exact) mass is 374 g/mol. The van der Waals surface area contributed by atoms with Crippen LogP contribution in [-0.4, -0.2) is 29.0 Å². The summed E-state index contributed by atoms with van der Waals surface area (Å²) in [5, 5.41) is 0. The summed E-state index contributed by atoms with van der Waals surface area (Å²) in [4.78, 5) is 31.2. The van der Waals surface area contributed by atoms with Gasteiger partial charge in [0, 0.05) is 5.56 Å². The zero-order valence-corrected chi connectivity index (χ0v) is 14.7. The van der Waals surface area contributed by atoms with E-state index in [1.165, 1.54) is 23.3 Å². The van der Waals surface area contributed by atoms with E-state index in [-0.39, 0.29) is 29.6 Å². The molecule has 0 unspecified atom stereocenters. The first kappa shape index (κ1) is 17.6. The highest BCUT2D eigenvalue weighted by molar-refractivity contribution is 6.21. The van der Waals surface area contributed by atoms with E-state index >= 15 is 0 Å². The van der Waals surface area contributed by atoms with E-state index < -0.39 is 5.91 Å². The number of ketones is 1. The summed E-state index contributed by atoms with van der Waals surface area (Å²) in [6.45, 7) is -0.194. The topological polar surface area (TPSA) is 62.9 Å². The van der Waals surface area contributed by atoms with Crippen molar-refractivity contribution in [3.05, 3.63) is 101 Å². The molecule has 0 saturated carbocycles. The summed E-state index contributed by atoms with van der Waals surface area (Å²) in [5.74, 6) is -0.526. The minimum Gasteiger partial charge on any atom is -0.461 e. The molecule has 4 rings (SSSR count). The van der Waals surface area contributed by atoms with Crippen LogP contribution in [0.4, 0.5) is 4.39 Å². The molecule has 0 bridgehead atoms. The lowest BCUT2D eigenvalue weighted by molar-refractivity contribution is -0.122. The predicted octanol–water partition coefficient (Wildman–Crippen LogP) is 3.93. The summed E-state index contributed by atoms with van der Waals surface area (Å²) in [6.07, 6.45) is 2.98. The van der Waals surface area contributed by atoms with E-state index in [1.54, 1.807) is 30.3 Å². The number of hydrogen-bond acceptors (Lipinski definition) is 4. The van der Waals surface area contributed by atoms with Gasteiger partial charge in [-0.2, -0.15) is 0 Å². The Bertz CT molecular complexity index is 1070. The Hall–Kier alpha value is -3.80. The predicted molar refractivity (Wildman–Crippen MR) is 102 cm³/mol. The number of rotatable bonds is 5. The zero-order chi connectivity index (χ0) is 19.5. The van der Waals surface area contributed by atoms with E-state index in [0.717, 1.165) is 0 Å². The van der Waals surface area contributed by atoms with Crippen molar-refractivity contribution < 1.29 is 18.4 Å². The van der Waals surface area contributed by atoms with E-state index in [9.17, 15) is 14.0 Å². The molecule has 138 valence electrons. The van der Waals surface area contributed by atoms with Gasteiger partial charge < -0.3 is 4.42 Å². The smallest absolute Gasteiger partial charge is 0.278 e. The molecule has 2 heterocycles. The summed E-state index contributed by atoms with van der Waals surface area (Å²) in [6, 6.07) is 18.1. The molecule has 2 aromatic carbocycles. The fraction of sp³-hybridized carbons (Fsp3) is 0.0455. The number of nitrogens with zero attached hydrogens (tertiary/aromatic N) is 2. The van der Waals surface area contributed by atoms with Gasteiger partial charge in [-0.1, -0.05) is 42.5 Å². The normalized spacial score (nSPS) is 15.2. The lowest BCUT2D eigenvalue weighted by Crippen LogP contribution is -2.37. The minimum absolute atomic E-state index is 0.177. The average Bonchev–Trinajstić information content (AvgIpc) is 3.35. The van der Waals surface area contributed by atoms with E-state index in [1.807, 2.05) is 30.3 Å². The maximum absolute atomic E-state index is 13.1. The Balaban J connectivity index is 1.70. The van der Waals surface area contributed by atoms with Gasteiger partial charge in [0.2, 0.25) is 5.78 Å². The number of benzene rings is 2. The first-order chi connectivity index (χ1) is 13.6. The largest absolute Gasteiger partial charge is 0.461 e. The lowest BCUT2D eigenvalue weighted by atomic mass is 10.1. The third-order valence-electron chi connectivity index (χ3n) is 4.25. The minimum atomic E-state index is -0.400. The van der Waals surface area contributed by atoms with Gasteiger partial charge in [-0.25, -0.2) is 9.38 Å². The van der Waals surface area contributed by atoms with Crippen LogP contribution in [-0.2, 0) is 4.79 Å². The van der Waals surface area contributed by atoms with E-state index in [4.69, 9.17) is 4.42 Å². The Morgan fingerprint density at radius 1 is 1.04 bits per heavy atom. The molecule has 0 atom stereocenters. The molecule has 1 aliphatic heterocycles. The maximum Gasteiger partial charge on any atom is 0.278 e. The van der Waals surface area contributed by atoms with Crippen molar-refractivity contribution in [3.8, 4) is 0 Å². The second-order valence-corrected chi connectivity index (χ2v) is 6.17. The van der Waals surface area contributed by atoms with Crippen molar-refractivity contribution >= 4 is 23.6 Å². The van der Waals surface area contributed by atoms with Gasteiger partial charge >= 0.3 is 0 Å². The highest BCUT2D eigenvalue weighted by atomic mass is 19.1. The fourth-order valence-corrected chi connectivity index (χ4v) is 2.88. The van der Waals surface area contributed by atoms with Crippen molar-refractivity contribution in [2.75, 3.05) is 6.54 Å².